The molecule has 2 heterocycles. The molecule has 0 radical (unpaired) electrons. The number of hydrogen-bond acceptors (Lipinski definition) is 5. The van der Waals surface area contributed by atoms with Crippen LogP contribution in [0.5, 0.6) is 0 Å². The van der Waals surface area contributed by atoms with Crippen molar-refractivity contribution in [3.05, 3.63) is 70.5 Å². The van der Waals surface area contributed by atoms with Crippen LogP contribution in [0.25, 0.3) is 10.6 Å². The molecule has 9 heteroatoms. The first-order valence-corrected chi connectivity index (χ1v) is 8.72. The van der Waals surface area contributed by atoms with Crippen LogP contribution < -0.4 is 0 Å². The summed E-state index contributed by atoms with van der Waals surface area (Å²) in [6.07, 6.45) is -4.68. The Morgan fingerprint density at radius 2 is 1.96 bits per heavy atom. The van der Waals surface area contributed by atoms with E-state index in [0.29, 0.717) is 10.4 Å². The summed E-state index contributed by atoms with van der Waals surface area (Å²) in [5, 5.41) is 10.7. The minimum Gasteiger partial charge on any atom is -0.226 e. The summed E-state index contributed by atoms with van der Waals surface area (Å²) in [6.45, 7) is 0. The molecule has 130 valence electrons. The van der Waals surface area contributed by atoms with Gasteiger partial charge in [-0.25, -0.2) is 14.2 Å². The molecule has 0 bridgehead atoms. The van der Waals surface area contributed by atoms with Gasteiger partial charge in [-0.05, 0) is 29.6 Å². The summed E-state index contributed by atoms with van der Waals surface area (Å²) < 4.78 is 51.4. The van der Waals surface area contributed by atoms with Crippen molar-refractivity contribution in [2.45, 2.75) is 6.18 Å². The van der Waals surface area contributed by atoms with Gasteiger partial charge in [-0.2, -0.15) is 18.4 Å². The maximum Gasteiger partial charge on any atom is 0.433 e. The molecule has 0 aliphatic rings. The Balaban J connectivity index is 2.21. The van der Waals surface area contributed by atoms with Crippen LogP contribution in [0.2, 0.25) is 0 Å². The molecular weight excluding hydrogens is 383 g/mol. The quantitative estimate of drug-likeness (QED) is 0.502. The maximum absolute atomic E-state index is 13.3. The van der Waals surface area contributed by atoms with Gasteiger partial charge in [-0.1, -0.05) is 18.2 Å². The van der Waals surface area contributed by atoms with E-state index < -0.39 is 11.9 Å². The zero-order valence-electron chi connectivity index (χ0n) is 12.8. The van der Waals surface area contributed by atoms with E-state index in [-0.39, 0.29) is 33.2 Å². The lowest BCUT2D eigenvalue weighted by atomic mass is 10.1. The van der Waals surface area contributed by atoms with Crippen LogP contribution in [-0.2, 0) is 17.4 Å². The summed E-state index contributed by atoms with van der Waals surface area (Å²) in [4.78, 5) is 8.15. The first kappa shape index (κ1) is 18.0. The molecule has 0 N–H and O–H groups in total. The summed E-state index contributed by atoms with van der Waals surface area (Å²) in [6, 6.07) is 12.1. The molecule has 2 aromatic heterocycles. The molecule has 1 aromatic carbocycles. The van der Waals surface area contributed by atoms with Crippen molar-refractivity contribution in [3.63, 3.8) is 0 Å². The Morgan fingerprint density at radius 3 is 2.58 bits per heavy atom. The zero-order valence-corrected chi connectivity index (χ0v) is 14.5. The van der Waals surface area contributed by atoms with Crippen LogP contribution in [-0.4, -0.2) is 19.0 Å². The molecule has 0 aliphatic carbocycles. The molecule has 3 aromatic rings. The van der Waals surface area contributed by atoms with Crippen molar-refractivity contribution >= 4 is 27.5 Å². The van der Waals surface area contributed by atoms with Gasteiger partial charge in [0.25, 0.3) is 0 Å². The molecule has 0 fully saturated rings. The van der Waals surface area contributed by atoms with E-state index in [1.807, 2.05) is 6.07 Å². The van der Waals surface area contributed by atoms with Gasteiger partial charge in [0.15, 0.2) is 5.82 Å². The minimum absolute atomic E-state index is 0.0111. The van der Waals surface area contributed by atoms with Crippen molar-refractivity contribution in [1.29, 1.82) is 5.26 Å². The number of rotatable bonds is 3. The van der Waals surface area contributed by atoms with Crippen molar-refractivity contribution in [2.24, 2.45) is 0 Å². The number of halogens is 3. The van der Waals surface area contributed by atoms with E-state index in [1.165, 1.54) is 35.6 Å². The highest BCUT2D eigenvalue weighted by Gasteiger charge is 2.34. The van der Waals surface area contributed by atoms with Gasteiger partial charge in [0.2, 0.25) is 0 Å². The summed E-state index contributed by atoms with van der Waals surface area (Å²) in [7, 11) is 0. The van der Waals surface area contributed by atoms with E-state index in [2.05, 4.69) is 9.97 Å². The molecule has 26 heavy (non-hydrogen) atoms. The molecule has 0 atom stereocenters. The second kappa shape index (κ2) is 7.19. The molecule has 0 aliphatic heterocycles. The zero-order chi connectivity index (χ0) is 18.7. The topological polar surface area (TPSA) is 66.6 Å². The van der Waals surface area contributed by atoms with Crippen molar-refractivity contribution in [3.8, 4) is 16.6 Å². The number of nitrogens with zero attached hydrogens (tertiary/aromatic N) is 3. The lowest BCUT2D eigenvalue weighted by Crippen LogP contribution is -2.16. The second-order valence-electron chi connectivity index (χ2n) is 5.04. The predicted octanol–water partition coefficient (Wildman–Crippen LogP) is 3.88. The Morgan fingerprint density at radius 1 is 1.15 bits per heavy atom. The van der Waals surface area contributed by atoms with Crippen LogP contribution in [0.4, 0.5) is 13.2 Å². The molecule has 0 saturated carbocycles. The van der Waals surface area contributed by atoms with Crippen molar-refractivity contribution < 1.29 is 17.4 Å². The highest BCUT2D eigenvalue weighted by molar-refractivity contribution is 7.67. The number of nitriles is 1. The van der Waals surface area contributed by atoms with E-state index in [9.17, 15) is 17.4 Å². The third kappa shape index (κ3) is 3.71. The van der Waals surface area contributed by atoms with Gasteiger partial charge in [0, 0.05) is 5.56 Å². The fraction of sp³-hybridized carbons (Fsp3) is 0.0588. The minimum atomic E-state index is -4.68. The SMILES string of the molecule is N#Cc1cccc(C(=S=O)c2nc(-c3cccs3)cc(C(F)(F)F)n2)c1. The summed E-state index contributed by atoms with van der Waals surface area (Å²) in [5.74, 6) is -0.321. The number of alkyl halides is 3. The monoisotopic (exact) mass is 391 g/mol. The van der Waals surface area contributed by atoms with Crippen LogP contribution in [0.15, 0.2) is 47.8 Å². The van der Waals surface area contributed by atoms with E-state index in [0.717, 1.165) is 6.07 Å². The maximum atomic E-state index is 13.3. The average molecular weight is 391 g/mol. The predicted molar refractivity (Wildman–Crippen MR) is 92.9 cm³/mol. The largest absolute Gasteiger partial charge is 0.433 e. The van der Waals surface area contributed by atoms with Crippen LogP contribution in [0, 0.1) is 11.3 Å². The van der Waals surface area contributed by atoms with Gasteiger partial charge < -0.3 is 0 Å². The van der Waals surface area contributed by atoms with Gasteiger partial charge >= 0.3 is 6.18 Å². The number of benzene rings is 1. The number of thiophene rings is 1. The lowest BCUT2D eigenvalue weighted by molar-refractivity contribution is -0.141. The average Bonchev–Trinajstić information content (AvgIpc) is 3.16. The molecule has 0 unspecified atom stereocenters. The highest BCUT2D eigenvalue weighted by atomic mass is 32.1. The van der Waals surface area contributed by atoms with Crippen LogP contribution in [0.1, 0.15) is 22.6 Å². The van der Waals surface area contributed by atoms with Gasteiger partial charge in [0.05, 0.1) is 22.2 Å². The fourth-order valence-electron chi connectivity index (χ4n) is 2.19. The molecule has 4 nitrogen and oxygen atoms in total. The molecule has 0 saturated heterocycles. The molecule has 0 spiro atoms. The first-order chi connectivity index (χ1) is 12.4. The normalized spacial score (nSPS) is 11.0. The fourth-order valence-corrected chi connectivity index (χ4v) is 3.26. The third-order valence-corrected chi connectivity index (χ3v) is 4.81. The van der Waals surface area contributed by atoms with Crippen LogP contribution in [0.3, 0.4) is 0 Å². The molecular formula is C17H8F3N3OS2. The van der Waals surface area contributed by atoms with Crippen molar-refractivity contribution in [1.82, 2.24) is 9.97 Å². The Labute approximate surface area is 153 Å². The number of hydrogen-bond donors (Lipinski definition) is 0. The Kier molecular flexibility index (Phi) is 4.97. The number of aromatic nitrogens is 2. The Hall–Kier alpha value is -2.83. The summed E-state index contributed by atoms with van der Waals surface area (Å²) in [5.41, 5.74) is -0.478. The second-order valence-corrected chi connectivity index (χ2v) is 6.56. The summed E-state index contributed by atoms with van der Waals surface area (Å²) >= 11 is 1.22. The van der Waals surface area contributed by atoms with Gasteiger partial charge in [0.1, 0.15) is 21.8 Å². The third-order valence-electron chi connectivity index (χ3n) is 3.33. The van der Waals surface area contributed by atoms with E-state index >= 15 is 0 Å². The van der Waals surface area contributed by atoms with E-state index in [4.69, 9.17) is 5.26 Å². The van der Waals surface area contributed by atoms with Crippen LogP contribution >= 0.6 is 11.3 Å². The lowest BCUT2D eigenvalue weighted by Gasteiger charge is -2.10. The molecule has 3 rings (SSSR count). The standard InChI is InChI=1S/C17H8F3N3OS2/c18-17(19,20)14-8-12(13-5-2-6-25-13)22-16(23-14)15(26-24)11-4-1-3-10(7-11)9-21/h1-8H. The van der Waals surface area contributed by atoms with Gasteiger partial charge in [-0.15, -0.1) is 11.3 Å². The Bertz CT molecular complexity index is 1050. The van der Waals surface area contributed by atoms with E-state index in [1.54, 1.807) is 17.5 Å². The van der Waals surface area contributed by atoms with Gasteiger partial charge in [-0.3, -0.25) is 0 Å². The smallest absolute Gasteiger partial charge is 0.226 e. The molecule has 0 amide bonds. The first-order valence-electron chi connectivity index (χ1n) is 7.10. The van der Waals surface area contributed by atoms with Crippen molar-refractivity contribution in [2.75, 3.05) is 0 Å². The highest BCUT2D eigenvalue weighted by Crippen LogP contribution is 2.32.